The van der Waals surface area contributed by atoms with Crippen molar-refractivity contribution in [3.05, 3.63) is 54.6 Å². The minimum Gasteiger partial charge on any atom is -0.378 e. The summed E-state index contributed by atoms with van der Waals surface area (Å²) in [5, 5.41) is 0.595. The lowest BCUT2D eigenvalue weighted by Crippen LogP contribution is -2.39. The highest BCUT2D eigenvalue weighted by molar-refractivity contribution is 7.22. The summed E-state index contributed by atoms with van der Waals surface area (Å²) in [5.74, 6) is 0.893. The van der Waals surface area contributed by atoms with Crippen molar-refractivity contribution in [2.24, 2.45) is 4.99 Å². The van der Waals surface area contributed by atoms with Gasteiger partial charge in [-0.05, 0) is 47.9 Å². The molecule has 3 aromatic rings. The van der Waals surface area contributed by atoms with Gasteiger partial charge in [-0.2, -0.15) is 0 Å². The first kappa shape index (κ1) is 17.7. The Bertz CT molecular complexity index is 1020. The van der Waals surface area contributed by atoms with Crippen molar-refractivity contribution in [2.45, 2.75) is 6.92 Å². The van der Waals surface area contributed by atoms with E-state index in [-0.39, 0.29) is 0 Å². The van der Waals surface area contributed by atoms with Gasteiger partial charge in [0.2, 0.25) is 0 Å². The molecule has 0 aliphatic carbocycles. The number of benzene rings is 2. The number of nitrogens with two attached hydrogens (primary N) is 1. The Hall–Kier alpha value is -2.70. The van der Waals surface area contributed by atoms with Crippen LogP contribution in [-0.4, -0.2) is 42.0 Å². The second kappa shape index (κ2) is 7.50. The van der Waals surface area contributed by atoms with Gasteiger partial charge in [0.15, 0.2) is 5.13 Å². The maximum absolute atomic E-state index is 5.83. The van der Waals surface area contributed by atoms with Crippen LogP contribution < -0.4 is 5.73 Å². The van der Waals surface area contributed by atoms with Crippen LogP contribution in [0, 0.1) is 6.92 Å². The Labute approximate surface area is 162 Å². The molecule has 1 aromatic heterocycles. The lowest BCUT2D eigenvalue weighted by Gasteiger charge is -2.28. The molecular weight excluding hydrogens is 356 g/mol. The van der Waals surface area contributed by atoms with Gasteiger partial charge in [0.25, 0.3) is 0 Å². The number of hydrogen-bond donors (Lipinski definition) is 1. The average molecular weight is 379 g/mol. The predicted molar refractivity (Wildman–Crippen MR) is 114 cm³/mol. The van der Waals surface area contributed by atoms with Gasteiger partial charge in [0.1, 0.15) is 5.84 Å². The van der Waals surface area contributed by atoms with Gasteiger partial charge in [-0.25, -0.2) is 9.98 Å². The highest BCUT2D eigenvalue weighted by Crippen LogP contribution is 2.32. The number of aryl methyl sites for hydroxylation is 1. The van der Waals surface area contributed by atoms with Gasteiger partial charge in [-0.15, -0.1) is 0 Å². The summed E-state index contributed by atoms with van der Waals surface area (Å²) in [6, 6.07) is 12.6. The van der Waals surface area contributed by atoms with E-state index >= 15 is 0 Å². The van der Waals surface area contributed by atoms with Gasteiger partial charge in [-0.3, -0.25) is 0 Å². The number of ether oxygens (including phenoxy) is 1. The summed E-state index contributed by atoms with van der Waals surface area (Å²) in [6.07, 6.45) is 1.82. The van der Waals surface area contributed by atoms with Gasteiger partial charge in [-0.1, -0.05) is 36.1 Å². The molecule has 1 fully saturated rings. The third kappa shape index (κ3) is 3.72. The Balaban J connectivity index is 1.71. The third-order valence-electron chi connectivity index (χ3n) is 4.70. The fraction of sp³-hybridized carbons (Fsp3) is 0.238. The Morgan fingerprint density at radius 3 is 2.74 bits per heavy atom. The number of nitrogen functional groups attached to an aromatic ring is 1. The zero-order valence-electron chi connectivity index (χ0n) is 15.3. The molecule has 2 aromatic carbocycles. The first-order chi connectivity index (χ1) is 13.1. The number of aromatic nitrogens is 1. The molecule has 0 unspecified atom stereocenters. The average Bonchev–Trinajstić information content (AvgIpc) is 3.07. The maximum atomic E-state index is 5.83. The van der Waals surface area contributed by atoms with Crippen molar-refractivity contribution < 1.29 is 4.74 Å². The molecule has 0 saturated carbocycles. The van der Waals surface area contributed by atoms with Gasteiger partial charge in [0, 0.05) is 13.1 Å². The summed E-state index contributed by atoms with van der Waals surface area (Å²) in [7, 11) is 0. The lowest BCUT2D eigenvalue weighted by molar-refractivity contribution is 0.0685. The number of thiazole rings is 1. The molecule has 2 heterocycles. The summed E-state index contributed by atoms with van der Waals surface area (Å²) in [5.41, 5.74) is 11.1. The standard InChI is InChI=1S/C21H22N4OS/c1-3-20(25-8-10-26-11-9-25)23-18-12-15(5-4-14(18)2)16-6-7-17-19(13-16)27-21(22)24-17/h3-7,12-13H,1,8-11H2,2H3,(H2,22,24). The van der Waals surface area contributed by atoms with Gasteiger partial charge >= 0.3 is 0 Å². The quantitative estimate of drug-likeness (QED) is 0.542. The molecule has 0 bridgehead atoms. The van der Waals surface area contributed by atoms with E-state index in [1.165, 1.54) is 11.3 Å². The molecule has 1 saturated heterocycles. The summed E-state index contributed by atoms with van der Waals surface area (Å²) < 4.78 is 6.53. The van der Waals surface area contributed by atoms with E-state index in [4.69, 9.17) is 15.5 Å². The molecule has 2 N–H and O–H groups in total. The van der Waals surface area contributed by atoms with Crippen molar-refractivity contribution in [3.8, 4) is 11.1 Å². The van der Waals surface area contributed by atoms with Gasteiger partial charge in [0.05, 0.1) is 29.1 Å². The van der Waals surface area contributed by atoms with E-state index in [0.717, 1.165) is 64.7 Å². The SMILES string of the molecule is C=CC(=Nc1cc(-c2ccc3nc(N)sc3c2)ccc1C)N1CCOCC1. The normalized spacial score (nSPS) is 15.3. The van der Waals surface area contributed by atoms with Gasteiger partial charge < -0.3 is 15.4 Å². The Morgan fingerprint density at radius 2 is 1.96 bits per heavy atom. The van der Waals surface area contributed by atoms with E-state index < -0.39 is 0 Å². The van der Waals surface area contributed by atoms with Crippen LogP contribution in [0.4, 0.5) is 10.8 Å². The van der Waals surface area contributed by atoms with Crippen LogP contribution in [0.5, 0.6) is 0 Å². The van der Waals surface area contributed by atoms with Crippen molar-refractivity contribution in [1.29, 1.82) is 0 Å². The van der Waals surface area contributed by atoms with Crippen molar-refractivity contribution in [1.82, 2.24) is 9.88 Å². The highest BCUT2D eigenvalue weighted by Gasteiger charge is 2.13. The first-order valence-corrected chi connectivity index (χ1v) is 9.76. The number of fused-ring (bicyclic) bond motifs is 1. The fourth-order valence-electron chi connectivity index (χ4n) is 3.19. The smallest absolute Gasteiger partial charge is 0.181 e. The molecule has 0 spiro atoms. The van der Waals surface area contributed by atoms with Crippen LogP contribution in [-0.2, 0) is 4.74 Å². The van der Waals surface area contributed by atoms with E-state index in [0.29, 0.717) is 5.13 Å². The monoisotopic (exact) mass is 378 g/mol. The number of nitrogens with zero attached hydrogens (tertiary/aromatic N) is 3. The second-order valence-electron chi connectivity index (χ2n) is 6.51. The van der Waals surface area contributed by atoms with Crippen LogP contribution in [0.2, 0.25) is 0 Å². The van der Waals surface area contributed by atoms with E-state index in [1.54, 1.807) is 0 Å². The van der Waals surface area contributed by atoms with Crippen molar-refractivity contribution in [2.75, 3.05) is 32.0 Å². The lowest BCUT2D eigenvalue weighted by atomic mass is 10.0. The number of amidine groups is 1. The number of aliphatic imine (C=N–C) groups is 1. The van der Waals surface area contributed by atoms with Crippen molar-refractivity contribution in [3.63, 3.8) is 0 Å². The third-order valence-corrected chi connectivity index (χ3v) is 5.55. The van der Waals surface area contributed by atoms with Crippen LogP contribution in [0.15, 0.2) is 54.0 Å². The first-order valence-electron chi connectivity index (χ1n) is 8.95. The molecule has 1 aliphatic heterocycles. The summed E-state index contributed by atoms with van der Waals surface area (Å²) in [4.78, 5) is 11.4. The van der Waals surface area contributed by atoms with Crippen LogP contribution in [0.25, 0.3) is 21.3 Å². The molecule has 0 atom stereocenters. The molecule has 6 heteroatoms. The summed E-state index contributed by atoms with van der Waals surface area (Å²) >= 11 is 1.51. The zero-order valence-corrected chi connectivity index (χ0v) is 16.1. The molecule has 1 aliphatic rings. The number of morpholine rings is 1. The Morgan fingerprint density at radius 1 is 1.22 bits per heavy atom. The minimum atomic E-state index is 0.595. The highest BCUT2D eigenvalue weighted by atomic mass is 32.1. The zero-order chi connectivity index (χ0) is 18.8. The largest absolute Gasteiger partial charge is 0.378 e. The van der Waals surface area contributed by atoms with Crippen LogP contribution in [0.1, 0.15) is 5.56 Å². The second-order valence-corrected chi connectivity index (χ2v) is 7.57. The van der Waals surface area contributed by atoms with Crippen LogP contribution in [0.3, 0.4) is 0 Å². The molecular formula is C21H22N4OS. The van der Waals surface area contributed by atoms with E-state index in [9.17, 15) is 0 Å². The minimum absolute atomic E-state index is 0.595. The number of hydrogen-bond acceptors (Lipinski definition) is 5. The number of anilines is 1. The molecule has 0 radical (unpaired) electrons. The number of rotatable bonds is 3. The topological polar surface area (TPSA) is 63.7 Å². The van der Waals surface area contributed by atoms with Crippen LogP contribution >= 0.6 is 11.3 Å². The predicted octanol–water partition coefficient (Wildman–Crippen LogP) is 4.40. The summed E-state index contributed by atoms with van der Waals surface area (Å²) in [6.45, 7) is 9.16. The molecule has 5 nitrogen and oxygen atoms in total. The molecule has 4 rings (SSSR count). The van der Waals surface area contributed by atoms with E-state index in [2.05, 4.69) is 53.7 Å². The molecule has 27 heavy (non-hydrogen) atoms. The fourth-order valence-corrected chi connectivity index (χ4v) is 3.97. The molecule has 0 amide bonds. The molecule has 138 valence electrons. The maximum Gasteiger partial charge on any atom is 0.181 e. The Kier molecular flexibility index (Phi) is 4.92. The van der Waals surface area contributed by atoms with Crippen molar-refractivity contribution >= 4 is 38.2 Å². The van der Waals surface area contributed by atoms with E-state index in [1.807, 2.05) is 12.1 Å².